The van der Waals surface area contributed by atoms with Gasteiger partial charge in [0, 0.05) is 44.8 Å². The van der Waals surface area contributed by atoms with E-state index in [-0.39, 0.29) is 0 Å². The lowest BCUT2D eigenvalue weighted by Gasteiger charge is -2.43. The van der Waals surface area contributed by atoms with Crippen molar-refractivity contribution in [2.45, 2.75) is 32.7 Å². The molecule has 2 heterocycles. The first-order chi connectivity index (χ1) is 7.58. The quantitative estimate of drug-likeness (QED) is 0.773. The molecule has 0 aromatic carbocycles. The van der Waals surface area contributed by atoms with Crippen LogP contribution in [0.4, 0.5) is 0 Å². The third-order valence-electron chi connectivity index (χ3n) is 4.09. The van der Waals surface area contributed by atoms with E-state index in [0.29, 0.717) is 5.54 Å². The molecule has 2 aliphatic rings. The number of nitrogens with zero attached hydrogens (tertiary/aromatic N) is 2. The Morgan fingerprint density at radius 1 is 1.19 bits per heavy atom. The van der Waals surface area contributed by atoms with Crippen molar-refractivity contribution >= 4 is 0 Å². The lowest BCUT2D eigenvalue weighted by atomic mass is 10.0. The van der Waals surface area contributed by atoms with Crippen molar-refractivity contribution in [3.05, 3.63) is 0 Å². The first kappa shape index (κ1) is 12.3. The number of nitrogens with one attached hydrogen (secondary N) is 1. The summed E-state index contributed by atoms with van der Waals surface area (Å²) in [5, 5.41) is 3.43. The molecule has 16 heavy (non-hydrogen) atoms. The van der Waals surface area contributed by atoms with Crippen LogP contribution in [-0.2, 0) is 0 Å². The number of likely N-dealkylation sites (tertiary alicyclic amines) is 1. The Morgan fingerprint density at radius 2 is 1.88 bits per heavy atom. The van der Waals surface area contributed by atoms with Crippen LogP contribution in [0.15, 0.2) is 0 Å². The van der Waals surface area contributed by atoms with Crippen molar-refractivity contribution in [3.8, 4) is 0 Å². The van der Waals surface area contributed by atoms with Crippen molar-refractivity contribution in [1.29, 1.82) is 0 Å². The number of hydrogen-bond acceptors (Lipinski definition) is 3. The van der Waals surface area contributed by atoms with Crippen LogP contribution in [0, 0.1) is 5.92 Å². The molecule has 0 saturated carbocycles. The predicted molar refractivity (Wildman–Crippen MR) is 68.7 cm³/mol. The predicted octanol–water partition coefficient (Wildman–Crippen LogP) is 1.01. The highest BCUT2D eigenvalue weighted by molar-refractivity contribution is 4.89. The molecule has 0 aromatic heterocycles. The first-order valence-corrected chi connectivity index (χ1v) is 6.76. The fraction of sp³-hybridized carbons (Fsp3) is 1.00. The second kappa shape index (κ2) is 5.03. The Morgan fingerprint density at radius 3 is 2.44 bits per heavy atom. The highest BCUT2D eigenvalue weighted by Crippen LogP contribution is 2.21. The molecule has 2 rings (SSSR count). The topological polar surface area (TPSA) is 18.5 Å². The van der Waals surface area contributed by atoms with E-state index in [4.69, 9.17) is 0 Å². The van der Waals surface area contributed by atoms with Crippen LogP contribution >= 0.6 is 0 Å². The average molecular weight is 225 g/mol. The second-order valence-electron chi connectivity index (χ2n) is 6.18. The van der Waals surface area contributed by atoms with E-state index in [1.54, 1.807) is 0 Å². The Hall–Kier alpha value is -0.120. The average Bonchev–Trinajstić information content (AvgIpc) is 2.64. The number of hydrogen-bond donors (Lipinski definition) is 1. The minimum Gasteiger partial charge on any atom is -0.314 e. The lowest BCUT2D eigenvalue weighted by Crippen LogP contribution is -2.57. The van der Waals surface area contributed by atoms with Gasteiger partial charge in [-0.2, -0.15) is 0 Å². The van der Waals surface area contributed by atoms with Gasteiger partial charge in [-0.25, -0.2) is 0 Å². The van der Waals surface area contributed by atoms with E-state index >= 15 is 0 Å². The Labute approximate surface area is 100 Å². The standard InChI is InChI=1S/C13H27N3/c1-12-4-7-15(10-12)11-13(2,3)16-8-5-14-6-9-16/h12,14H,4-11H2,1-3H3. The molecular formula is C13H27N3. The van der Waals surface area contributed by atoms with E-state index in [1.165, 1.54) is 39.1 Å². The van der Waals surface area contributed by atoms with Crippen molar-refractivity contribution in [3.63, 3.8) is 0 Å². The molecule has 94 valence electrons. The smallest absolute Gasteiger partial charge is 0.0281 e. The molecule has 1 atom stereocenters. The van der Waals surface area contributed by atoms with Gasteiger partial charge in [0.05, 0.1) is 0 Å². The molecule has 0 amide bonds. The highest BCUT2D eigenvalue weighted by Gasteiger charge is 2.31. The lowest BCUT2D eigenvalue weighted by molar-refractivity contribution is 0.0699. The van der Waals surface area contributed by atoms with Crippen LogP contribution in [0.25, 0.3) is 0 Å². The van der Waals surface area contributed by atoms with E-state index in [9.17, 15) is 0 Å². The highest BCUT2D eigenvalue weighted by atomic mass is 15.3. The molecule has 0 spiro atoms. The van der Waals surface area contributed by atoms with Crippen LogP contribution in [-0.4, -0.2) is 61.2 Å². The maximum Gasteiger partial charge on any atom is 0.0281 e. The van der Waals surface area contributed by atoms with Gasteiger partial charge >= 0.3 is 0 Å². The third-order valence-corrected chi connectivity index (χ3v) is 4.09. The van der Waals surface area contributed by atoms with Gasteiger partial charge in [-0.15, -0.1) is 0 Å². The van der Waals surface area contributed by atoms with Gasteiger partial charge in [0.2, 0.25) is 0 Å². The normalized spacial score (nSPS) is 29.8. The van der Waals surface area contributed by atoms with E-state index in [1.807, 2.05) is 0 Å². The Kier molecular flexibility index (Phi) is 3.88. The Balaban J connectivity index is 1.85. The zero-order valence-electron chi connectivity index (χ0n) is 11.1. The van der Waals surface area contributed by atoms with Gasteiger partial charge in [0.25, 0.3) is 0 Å². The molecule has 0 bridgehead atoms. The molecule has 2 fully saturated rings. The molecular weight excluding hydrogens is 198 g/mol. The maximum absolute atomic E-state index is 3.43. The van der Waals surface area contributed by atoms with Crippen molar-refractivity contribution in [1.82, 2.24) is 15.1 Å². The van der Waals surface area contributed by atoms with Crippen LogP contribution in [0.2, 0.25) is 0 Å². The van der Waals surface area contributed by atoms with Crippen molar-refractivity contribution in [2.24, 2.45) is 5.92 Å². The SMILES string of the molecule is CC1CCN(CC(C)(C)N2CCNCC2)C1. The molecule has 0 radical (unpaired) electrons. The van der Waals surface area contributed by atoms with Gasteiger partial charge in [-0.1, -0.05) is 6.92 Å². The largest absolute Gasteiger partial charge is 0.314 e. The monoisotopic (exact) mass is 225 g/mol. The van der Waals surface area contributed by atoms with Crippen LogP contribution in [0.1, 0.15) is 27.2 Å². The Bertz CT molecular complexity index is 221. The molecule has 2 aliphatic heterocycles. The van der Waals surface area contributed by atoms with Gasteiger partial charge in [-0.3, -0.25) is 4.90 Å². The van der Waals surface area contributed by atoms with Gasteiger partial charge in [-0.05, 0) is 32.7 Å². The summed E-state index contributed by atoms with van der Waals surface area (Å²) in [7, 11) is 0. The third kappa shape index (κ3) is 2.96. The van der Waals surface area contributed by atoms with Crippen LogP contribution < -0.4 is 5.32 Å². The summed E-state index contributed by atoms with van der Waals surface area (Å²) in [4.78, 5) is 5.29. The van der Waals surface area contributed by atoms with Crippen LogP contribution in [0.5, 0.6) is 0 Å². The summed E-state index contributed by atoms with van der Waals surface area (Å²) in [6, 6.07) is 0. The van der Waals surface area contributed by atoms with Gasteiger partial charge in [0.1, 0.15) is 0 Å². The summed E-state index contributed by atoms with van der Waals surface area (Å²) in [6.07, 6.45) is 1.39. The zero-order chi connectivity index (χ0) is 11.6. The van der Waals surface area contributed by atoms with Crippen molar-refractivity contribution in [2.75, 3.05) is 45.8 Å². The van der Waals surface area contributed by atoms with E-state index in [0.717, 1.165) is 19.0 Å². The fourth-order valence-corrected chi connectivity index (χ4v) is 3.09. The maximum atomic E-state index is 3.43. The number of rotatable bonds is 3. The summed E-state index contributed by atoms with van der Waals surface area (Å²) >= 11 is 0. The summed E-state index contributed by atoms with van der Waals surface area (Å²) in [5.74, 6) is 0.902. The molecule has 0 aliphatic carbocycles. The van der Waals surface area contributed by atoms with E-state index < -0.39 is 0 Å². The summed E-state index contributed by atoms with van der Waals surface area (Å²) in [5.41, 5.74) is 0.339. The van der Waals surface area contributed by atoms with Crippen LogP contribution in [0.3, 0.4) is 0 Å². The molecule has 0 aromatic rings. The van der Waals surface area contributed by atoms with Gasteiger partial charge < -0.3 is 10.2 Å². The summed E-state index contributed by atoms with van der Waals surface area (Å²) in [6.45, 7) is 15.7. The molecule has 1 N–H and O–H groups in total. The van der Waals surface area contributed by atoms with Gasteiger partial charge in [0.15, 0.2) is 0 Å². The fourth-order valence-electron chi connectivity index (χ4n) is 3.09. The first-order valence-electron chi connectivity index (χ1n) is 6.76. The zero-order valence-corrected chi connectivity index (χ0v) is 11.1. The molecule has 1 unspecified atom stereocenters. The van der Waals surface area contributed by atoms with Crippen molar-refractivity contribution < 1.29 is 0 Å². The minimum absolute atomic E-state index is 0.339. The van der Waals surface area contributed by atoms with E-state index in [2.05, 4.69) is 35.9 Å². The molecule has 3 heteroatoms. The summed E-state index contributed by atoms with van der Waals surface area (Å²) < 4.78 is 0. The minimum atomic E-state index is 0.339. The second-order valence-corrected chi connectivity index (χ2v) is 6.18. The molecule has 2 saturated heterocycles. The number of piperazine rings is 1. The molecule has 3 nitrogen and oxygen atoms in total.